The van der Waals surface area contributed by atoms with Crippen molar-refractivity contribution in [1.82, 2.24) is 4.90 Å². The van der Waals surface area contributed by atoms with E-state index in [2.05, 4.69) is 5.32 Å². The Morgan fingerprint density at radius 2 is 1.89 bits per heavy atom. The molecule has 138 valence electrons. The van der Waals surface area contributed by atoms with E-state index in [1.165, 1.54) is 0 Å². The summed E-state index contributed by atoms with van der Waals surface area (Å²) in [5.41, 5.74) is 3.26. The van der Waals surface area contributed by atoms with Crippen LogP contribution in [0, 0.1) is 13.8 Å². The topological polar surface area (TPSA) is 66.5 Å². The van der Waals surface area contributed by atoms with E-state index >= 15 is 0 Å². The molecule has 1 N–H and O–H groups in total. The summed E-state index contributed by atoms with van der Waals surface area (Å²) in [5.74, 6) is -0.931. The van der Waals surface area contributed by atoms with Crippen molar-refractivity contribution in [3.8, 4) is 0 Å². The maximum atomic E-state index is 12.5. The van der Waals surface area contributed by atoms with Crippen LogP contribution in [0.25, 0.3) is 6.08 Å². The molecule has 3 amide bonds. The van der Waals surface area contributed by atoms with Crippen molar-refractivity contribution in [1.29, 1.82) is 0 Å². The maximum Gasteiger partial charge on any atom is 0.294 e. The third-order valence-corrected chi connectivity index (χ3v) is 5.42. The van der Waals surface area contributed by atoms with Gasteiger partial charge in [0.15, 0.2) is 0 Å². The molecule has 1 aliphatic rings. The number of thioether (sulfide) groups is 1. The summed E-state index contributed by atoms with van der Waals surface area (Å²) in [5, 5.41) is 2.72. The minimum atomic E-state index is -0.467. The van der Waals surface area contributed by atoms with Crippen LogP contribution in [0.3, 0.4) is 0 Å². The van der Waals surface area contributed by atoms with E-state index in [-0.39, 0.29) is 6.54 Å². The fourth-order valence-electron chi connectivity index (χ4n) is 2.54. The number of carbonyl (C=O) groups excluding carboxylic acids is 3. The third-order valence-electron chi connectivity index (χ3n) is 4.11. The highest BCUT2D eigenvalue weighted by molar-refractivity contribution is 8.18. The van der Waals surface area contributed by atoms with Crippen LogP contribution in [0.15, 0.2) is 47.4 Å². The van der Waals surface area contributed by atoms with E-state index in [1.807, 2.05) is 38.1 Å². The number of nitrogens with one attached hydrogen (secondary N) is 1. The molecule has 2 aromatic rings. The van der Waals surface area contributed by atoms with E-state index in [0.29, 0.717) is 15.6 Å². The number of aryl methyl sites for hydroxylation is 2. The standard InChI is InChI=1S/C20H17ClN2O3S/c1-12-5-3-4-6-14(12)9-17-19(25)23(20(26)27-17)11-18(24)22-15-8-7-13(2)16(21)10-15/h3-10H,11H2,1-2H3,(H,22,24)/b17-9+. The van der Waals surface area contributed by atoms with Gasteiger partial charge in [-0.25, -0.2) is 0 Å². The molecule has 0 atom stereocenters. The van der Waals surface area contributed by atoms with Gasteiger partial charge in [0, 0.05) is 10.7 Å². The summed E-state index contributed by atoms with van der Waals surface area (Å²) >= 11 is 6.88. The van der Waals surface area contributed by atoms with E-state index in [1.54, 1.807) is 24.3 Å². The number of hydrogen-bond donors (Lipinski definition) is 1. The van der Waals surface area contributed by atoms with Crippen molar-refractivity contribution >= 4 is 52.2 Å². The molecule has 0 spiro atoms. The van der Waals surface area contributed by atoms with Crippen LogP contribution in [-0.4, -0.2) is 28.5 Å². The lowest BCUT2D eigenvalue weighted by molar-refractivity contribution is -0.127. The Morgan fingerprint density at radius 3 is 2.59 bits per heavy atom. The van der Waals surface area contributed by atoms with Crippen LogP contribution in [0.4, 0.5) is 10.5 Å². The molecule has 0 aliphatic carbocycles. The summed E-state index contributed by atoms with van der Waals surface area (Å²) in [6.07, 6.45) is 1.68. The molecule has 0 bridgehead atoms. The van der Waals surface area contributed by atoms with Gasteiger partial charge >= 0.3 is 0 Å². The summed E-state index contributed by atoms with van der Waals surface area (Å²) < 4.78 is 0. The van der Waals surface area contributed by atoms with Gasteiger partial charge < -0.3 is 5.32 Å². The number of nitrogens with zero attached hydrogens (tertiary/aromatic N) is 1. The van der Waals surface area contributed by atoms with E-state index in [0.717, 1.165) is 33.4 Å². The Morgan fingerprint density at radius 1 is 1.15 bits per heavy atom. The Kier molecular flexibility index (Phi) is 5.68. The number of benzene rings is 2. The van der Waals surface area contributed by atoms with Crippen molar-refractivity contribution in [3.05, 3.63) is 69.1 Å². The van der Waals surface area contributed by atoms with Gasteiger partial charge in [-0.3, -0.25) is 19.3 Å². The van der Waals surface area contributed by atoms with Gasteiger partial charge in [-0.1, -0.05) is 41.9 Å². The SMILES string of the molecule is Cc1ccc(NC(=O)CN2C(=O)S/C(=C/c3ccccc3C)C2=O)cc1Cl. The quantitative estimate of drug-likeness (QED) is 0.759. The molecular formula is C20H17ClN2O3S. The summed E-state index contributed by atoms with van der Waals surface area (Å²) in [7, 11) is 0. The normalized spacial score (nSPS) is 15.5. The van der Waals surface area contributed by atoms with Crippen molar-refractivity contribution in [2.75, 3.05) is 11.9 Å². The average Bonchev–Trinajstić information content (AvgIpc) is 2.88. The summed E-state index contributed by atoms with van der Waals surface area (Å²) in [6, 6.07) is 12.7. The van der Waals surface area contributed by atoms with Crippen molar-refractivity contribution in [2.45, 2.75) is 13.8 Å². The van der Waals surface area contributed by atoms with E-state index in [4.69, 9.17) is 11.6 Å². The van der Waals surface area contributed by atoms with Gasteiger partial charge in [0.05, 0.1) is 4.91 Å². The lowest BCUT2D eigenvalue weighted by Gasteiger charge is -2.13. The monoisotopic (exact) mass is 400 g/mol. The molecule has 3 rings (SSSR count). The Balaban J connectivity index is 1.71. The molecule has 0 saturated carbocycles. The molecule has 0 radical (unpaired) electrons. The van der Waals surface area contributed by atoms with Gasteiger partial charge in [-0.15, -0.1) is 0 Å². The number of halogens is 1. The predicted octanol–water partition coefficient (Wildman–Crippen LogP) is 4.63. The zero-order chi connectivity index (χ0) is 19.6. The first-order valence-corrected chi connectivity index (χ1v) is 9.41. The van der Waals surface area contributed by atoms with Crippen LogP contribution >= 0.6 is 23.4 Å². The summed E-state index contributed by atoms with van der Waals surface area (Å²) in [6.45, 7) is 3.44. The highest BCUT2D eigenvalue weighted by Gasteiger charge is 2.36. The molecule has 7 heteroatoms. The average molecular weight is 401 g/mol. The zero-order valence-corrected chi connectivity index (χ0v) is 16.4. The molecule has 1 saturated heterocycles. The second-order valence-electron chi connectivity index (χ2n) is 6.14. The molecule has 0 unspecified atom stereocenters. The first-order valence-electron chi connectivity index (χ1n) is 8.22. The molecule has 1 fully saturated rings. The van der Waals surface area contributed by atoms with Crippen LogP contribution in [0.1, 0.15) is 16.7 Å². The summed E-state index contributed by atoms with van der Waals surface area (Å²) in [4.78, 5) is 38.2. The van der Waals surface area contributed by atoms with Crippen LogP contribution in [-0.2, 0) is 9.59 Å². The first kappa shape index (κ1) is 19.2. The predicted molar refractivity (Wildman–Crippen MR) is 109 cm³/mol. The van der Waals surface area contributed by atoms with E-state index < -0.39 is 17.1 Å². The Hall–Kier alpha value is -2.57. The van der Waals surface area contributed by atoms with Crippen molar-refractivity contribution in [2.24, 2.45) is 0 Å². The number of hydrogen-bond acceptors (Lipinski definition) is 4. The fourth-order valence-corrected chi connectivity index (χ4v) is 3.55. The number of carbonyl (C=O) groups is 3. The molecular weight excluding hydrogens is 384 g/mol. The maximum absolute atomic E-state index is 12.5. The Labute approximate surface area is 166 Å². The lowest BCUT2D eigenvalue weighted by atomic mass is 10.1. The van der Waals surface area contributed by atoms with Gasteiger partial charge in [-0.05, 0) is 60.5 Å². The molecule has 1 aliphatic heterocycles. The zero-order valence-electron chi connectivity index (χ0n) is 14.8. The van der Waals surface area contributed by atoms with Gasteiger partial charge in [0.2, 0.25) is 5.91 Å². The smallest absolute Gasteiger partial charge is 0.294 e. The van der Waals surface area contributed by atoms with Crippen molar-refractivity contribution < 1.29 is 14.4 Å². The van der Waals surface area contributed by atoms with Crippen molar-refractivity contribution in [3.63, 3.8) is 0 Å². The highest BCUT2D eigenvalue weighted by atomic mass is 35.5. The molecule has 2 aromatic carbocycles. The molecule has 27 heavy (non-hydrogen) atoms. The number of imide groups is 1. The number of anilines is 1. The fraction of sp³-hybridized carbons (Fsp3) is 0.150. The highest BCUT2D eigenvalue weighted by Crippen LogP contribution is 2.32. The van der Waals surface area contributed by atoms with Crippen LogP contribution in [0.2, 0.25) is 5.02 Å². The third kappa shape index (κ3) is 4.40. The first-order chi connectivity index (χ1) is 12.8. The Bertz CT molecular complexity index is 971. The van der Waals surface area contributed by atoms with Gasteiger partial charge in [0.1, 0.15) is 6.54 Å². The minimum Gasteiger partial charge on any atom is -0.324 e. The number of amides is 3. The minimum absolute atomic E-state index is 0.306. The van der Waals surface area contributed by atoms with Gasteiger partial charge in [-0.2, -0.15) is 0 Å². The number of rotatable bonds is 4. The van der Waals surface area contributed by atoms with Crippen LogP contribution < -0.4 is 5.32 Å². The second-order valence-corrected chi connectivity index (χ2v) is 7.54. The van der Waals surface area contributed by atoms with Crippen LogP contribution in [0.5, 0.6) is 0 Å². The molecule has 5 nitrogen and oxygen atoms in total. The van der Waals surface area contributed by atoms with E-state index in [9.17, 15) is 14.4 Å². The lowest BCUT2D eigenvalue weighted by Crippen LogP contribution is -2.36. The van der Waals surface area contributed by atoms with Gasteiger partial charge in [0.25, 0.3) is 11.1 Å². The second kappa shape index (κ2) is 7.98. The largest absolute Gasteiger partial charge is 0.324 e. The molecule has 1 heterocycles. The molecule has 0 aromatic heterocycles.